The lowest BCUT2D eigenvalue weighted by Crippen LogP contribution is -2.26. The van der Waals surface area contributed by atoms with E-state index in [0.717, 1.165) is 16.7 Å². The molecule has 0 aliphatic carbocycles. The van der Waals surface area contributed by atoms with E-state index in [-0.39, 0.29) is 55.0 Å². The molecule has 122 heavy (non-hydrogen) atoms. The fraction of sp³-hybridized carbons (Fsp3) is 0.302. The summed E-state index contributed by atoms with van der Waals surface area (Å²) in [4.78, 5) is 115. The van der Waals surface area contributed by atoms with E-state index in [1.165, 1.54) is 74.4 Å². The highest BCUT2D eigenvalue weighted by Gasteiger charge is 2.28. The number of nitrogens with two attached hydrogens (primary N) is 3. The summed E-state index contributed by atoms with van der Waals surface area (Å²) in [6, 6.07) is 31.6. The van der Waals surface area contributed by atoms with Crippen molar-refractivity contribution in [3.05, 3.63) is 213 Å². The minimum Gasteiger partial charge on any atom is -0.496 e. The summed E-state index contributed by atoms with van der Waals surface area (Å²) in [5, 5.41) is 2.85. The van der Waals surface area contributed by atoms with E-state index in [1.807, 2.05) is 96.0 Å². The molecule has 36 heteroatoms. The third-order valence-electron chi connectivity index (χ3n) is 19.0. The number of aromatic nitrogens is 12. The summed E-state index contributed by atoms with van der Waals surface area (Å²) < 4.78 is 58.1. The Morgan fingerprint density at radius 2 is 0.746 bits per heavy atom. The van der Waals surface area contributed by atoms with Crippen LogP contribution in [0.25, 0.3) is 67.6 Å². The molecule has 0 aliphatic heterocycles. The van der Waals surface area contributed by atoms with Crippen LogP contribution in [0.5, 0.6) is 34.5 Å². The first-order chi connectivity index (χ1) is 58.6. The average molecular weight is 1670 g/mol. The smallest absolute Gasteiger partial charge is 0.339 e. The van der Waals surface area contributed by atoms with Crippen LogP contribution in [0.4, 0.5) is 34.5 Å². The Balaban J connectivity index is 0.000000192. The van der Waals surface area contributed by atoms with Crippen molar-refractivity contribution < 1.29 is 57.0 Å². The summed E-state index contributed by atoms with van der Waals surface area (Å²) in [5.74, 6) is 2.75. The van der Waals surface area contributed by atoms with Crippen molar-refractivity contribution in [2.75, 3.05) is 191 Å². The Morgan fingerprint density at radius 1 is 0.385 bits per heavy atom. The lowest BCUT2D eigenvalue weighted by atomic mass is 10.2. The number of fused-ring (bicyclic) bond motifs is 3. The van der Waals surface area contributed by atoms with Gasteiger partial charge in [-0.15, -0.1) is 0 Å². The molecule has 7 N–H and O–H groups in total. The molecule has 0 bridgehead atoms. The molecule has 12 rings (SSSR count). The Bertz CT molecular complexity index is 6040. The monoisotopic (exact) mass is 1670 g/mol. The van der Waals surface area contributed by atoms with Gasteiger partial charge in [0.1, 0.15) is 89.8 Å². The van der Waals surface area contributed by atoms with Gasteiger partial charge in [0.05, 0.1) is 86.6 Å². The molecular weight excluding hydrogens is 1570 g/mol. The largest absolute Gasteiger partial charge is 0.496 e. The molecule has 0 unspecified atom stereocenters. The van der Waals surface area contributed by atoms with Gasteiger partial charge in [0.2, 0.25) is 11.8 Å². The van der Waals surface area contributed by atoms with Crippen molar-refractivity contribution in [1.29, 1.82) is 0 Å². The number of methoxy groups -OCH3 is 6. The van der Waals surface area contributed by atoms with Gasteiger partial charge in [-0.2, -0.15) is 0 Å². The minimum atomic E-state index is -0.432. The van der Waals surface area contributed by atoms with Crippen LogP contribution in [0.3, 0.4) is 0 Å². The van der Waals surface area contributed by atoms with Crippen molar-refractivity contribution in [3.8, 4) is 68.6 Å². The molecule has 642 valence electrons. The predicted molar refractivity (Wildman–Crippen MR) is 471 cm³/mol. The molecule has 36 nitrogen and oxygen atoms in total. The van der Waals surface area contributed by atoms with Crippen molar-refractivity contribution in [2.24, 2.45) is 0 Å². The highest BCUT2D eigenvalue weighted by molar-refractivity contribution is 6.03. The van der Waals surface area contributed by atoms with Crippen LogP contribution in [0.1, 0.15) is 16.7 Å². The lowest BCUT2D eigenvalue weighted by Gasteiger charge is -2.21. The van der Waals surface area contributed by atoms with Gasteiger partial charge in [-0.1, -0.05) is 36.4 Å². The number of aryl methyl sites for hydroxylation is 3. The van der Waals surface area contributed by atoms with Crippen molar-refractivity contribution >= 4 is 85.7 Å². The van der Waals surface area contributed by atoms with Gasteiger partial charge in [0.15, 0.2) is 34.4 Å². The molecule has 0 spiro atoms. The third-order valence-corrected chi connectivity index (χ3v) is 19.0. The topological polar surface area (TPSA) is 399 Å². The fourth-order valence-electron chi connectivity index (χ4n) is 12.7. The first kappa shape index (κ1) is 90.3. The number of rotatable bonds is 33. The Kier molecular flexibility index (Phi) is 30.8. The number of carbonyl (C=O) groups is 3. The summed E-state index contributed by atoms with van der Waals surface area (Å²) in [6.07, 6.45) is 13.7. The molecule has 6 heterocycles. The minimum absolute atomic E-state index is 0.136. The number of hydrogen-bond donors (Lipinski definition) is 4. The number of nitrogens with one attached hydrogen (secondary N) is 1. The van der Waals surface area contributed by atoms with E-state index < -0.39 is 17.1 Å². The van der Waals surface area contributed by atoms with E-state index in [1.54, 1.807) is 166 Å². The number of anilines is 6. The van der Waals surface area contributed by atoms with E-state index in [9.17, 15) is 28.8 Å². The number of carbonyl (C=O) groups excluding carboxylic acids is 3. The first-order valence-electron chi connectivity index (χ1n) is 38.3. The summed E-state index contributed by atoms with van der Waals surface area (Å²) in [5.41, 5.74) is 26.5. The van der Waals surface area contributed by atoms with Gasteiger partial charge in [-0.3, -0.25) is 28.1 Å². The molecule has 0 radical (unpaired) electrons. The Labute approximate surface area is 704 Å². The summed E-state index contributed by atoms with van der Waals surface area (Å²) in [6.45, 7) is 9.47. The lowest BCUT2D eigenvalue weighted by molar-refractivity contribution is -0.114. The Morgan fingerprint density at radius 3 is 1.16 bits per heavy atom. The third kappa shape index (κ3) is 21.0. The van der Waals surface area contributed by atoms with Crippen LogP contribution < -0.4 is 77.8 Å². The second-order valence-corrected chi connectivity index (χ2v) is 28.4. The zero-order chi connectivity index (χ0) is 88.2. The number of likely N-dealkylation sites (N-methyl/N-ethyl adjacent to an activating group) is 5. The normalized spacial score (nSPS) is 11.5. The molecule has 0 atom stereocenters. The zero-order valence-electron chi connectivity index (χ0n) is 71.4. The molecule has 0 saturated heterocycles. The van der Waals surface area contributed by atoms with Crippen molar-refractivity contribution in [3.63, 3.8) is 0 Å². The van der Waals surface area contributed by atoms with Gasteiger partial charge in [-0.05, 0) is 140 Å². The van der Waals surface area contributed by atoms with Crippen LogP contribution in [0.2, 0.25) is 0 Å². The van der Waals surface area contributed by atoms with Gasteiger partial charge >= 0.3 is 17.1 Å². The number of amides is 3. The maximum atomic E-state index is 14.1. The molecule has 6 aromatic carbocycles. The standard InChI is InChI=1S/2C29H35N7O5.C28H33N7O5/c1-19-9-10-21(17-24(19)40-6)35-26-27(30)31-18-32-28(26)36(29(35)38)20-11-12-23(41-15-14-39-5)22(16-20)34(4)25(37)8-7-13-33(2)3;1-19-9-10-20(17-24(19)40-6)35-26-27(30)31-18-32-28(26)36(29(35)38)22-14-21(15-23(16-22)41-13-12-39-5)34(4)25(37)8-7-11-33(2)3;1-18-8-9-20(16-23(18)39-5)34-25-26(29)30-17-31-27(25)35(28(34)37)19-10-11-22(40-14-13-38-4)21(15-19)32-24(36)7-6-12-33(2)3/h7-12,16-18H,13-15H2,1-6H3,(H2,30,31,32);7-10,14-18H,11-13H2,1-6H3,(H2,30,31,32);6-11,15-17H,12-14H2,1-5H3,(H,32,36)(H2,29,30,31)/b2*8-7+;7-6+. The van der Waals surface area contributed by atoms with Crippen molar-refractivity contribution in [1.82, 2.24) is 72.0 Å². The van der Waals surface area contributed by atoms with Crippen LogP contribution in [-0.4, -0.2) is 248 Å². The van der Waals surface area contributed by atoms with E-state index in [4.69, 9.17) is 59.8 Å². The summed E-state index contributed by atoms with van der Waals surface area (Å²) >= 11 is 0. The SMILES string of the molecule is COCCOc1cc(N(C)C(=O)/C=C/CN(C)C)cc(-n2c(=O)n(-c3ccc(C)c(OC)c3)c3c(N)ncnc32)c1.COCCOc1ccc(-n2c(=O)n(-c3ccc(C)c(OC)c3)c3c(N)ncnc32)cc1N(C)C(=O)/C=C/CN(C)C.COCCOc1ccc(-n2c(=O)n(-c3ccc(C)c(OC)c3)c3c(N)ncnc32)cc1NC(=O)/C=C/CN(C)C. The van der Waals surface area contributed by atoms with E-state index >= 15 is 0 Å². The fourth-order valence-corrected chi connectivity index (χ4v) is 12.7. The molecule has 0 saturated carbocycles. The van der Waals surface area contributed by atoms with Gasteiger partial charge < -0.3 is 89.6 Å². The second-order valence-electron chi connectivity index (χ2n) is 28.4. The molecule has 6 aromatic heterocycles. The van der Waals surface area contributed by atoms with Gasteiger partial charge in [0, 0.05) is 109 Å². The van der Waals surface area contributed by atoms with Crippen molar-refractivity contribution in [2.45, 2.75) is 20.8 Å². The number of nitrogen functional groups attached to an aromatic ring is 3. The molecule has 12 aromatic rings. The Hall–Kier alpha value is -14.0. The van der Waals surface area contributed by atoms with Gasteiger partial charge in [-0.25, -0.2) is 58.0 Å². The highest BCUT2D eigenvalue weighted by atomic mass is 16.5. The molecule has 0 aliphatic rings. The number of benzene rings is 6. The second kappa shape index (κ2) is 41.6. The number of hydrogen-bond acceptors (Lipinski definition) is 27. The maximum absolute atomic E-state index is 14.1. The van der Waals surface area contributed by atoms with Gasteiger partial charge in [0.25, 0.3) is 5.91 Å². The number of ether oxygens (including phenoxy) is 9. The van der Waals surface area contributed by atoms with Crippen LogP contribution in [0, 0.1) is 20.8 Å². The number of imidazole rings is 3. The molecule has 3 amide bonds. The quantitative estimate of drug-likeness (QED) is 0.0226. The van der Waals surface area contributed by atoms with E-state index in [0.29, 0.717) is 159 Å². The molecular formula is C86H103N21O15. The van der Waals surface area contributed by atoms with Crippen LogP contribution in [-0.2, 0) is 28.6 Å². The number of nitrogens with zero attached hydrogens (tertiary/aromatic N) is 17. The summed E-state index contributed by atoms with van der Waals surface area (Å²) in [7, 11) is 24.2. The first-order valence-corrected chi connectivity index (χ1v) is 38.3. The van der Waals surface area contributed by atoms with Crippen LogP contribution >= 0.6 is 0 Å². The molecule has 0 fully saturated rings. The average Bonchev–Trinajstić information content (AvgIpc) is 1.59. The van der Waals surface area contributed by atoms with Crippen LogP contribution in [0.15, 0.2) is 179 Å². The maximum Gasteiger partial charge on any atom is 0.339 e. The predicted octanol–water partition coefficient (Wildman–Crippen LogP) is 7.70. The highest BCUT2D eigenvalue weighted by Crippen LogP contribution is 2.36. The van der Waals surface area contributed by atoms with E-state index in [2.05, 4.69) is 35.2 Å². The zero-order valence-corrected chi connectivity index (χ0v) is 71.4.